The molecular weight excluding hydrogens is 410 g/mol. The van der Waals surface area contributed by atoms with Gasteiger partial charge >= 0.3 is 5.97 Å². The number of rotatable bonds is 7. The highest BCUT2D eigenvalue weighted by Crippen LogP contribution is 2.41. The van der Waals surface area contributed by atoms with Crippen LogP contribution in [0.15, 0.2) is 16.4 Å². The zero-order valence-corrected chi connectivity index (χ0v) is 16.6. The smallest absolute Gasteiger partial charge is 0.352 e. The van der Waals surface area contributed by atoms with Crippen molar-refractivity contribution in [3.63, 3.8) is 0 Å². The first-order chi connectivity index (χ1) is 12.9. The van der Waals surface area contributed by atoms with Gasteiger partial charge in [-0.1, -0.05) is 24.0 Å². The number of carboxylic acids is 1. The SMILES string of the molecule is Cn1nnnc1SCC1=C(C(=O)O)N2C(=O)C(NC(=S)CCC#N)[C@@H]2SC1. The van der Waals surface area contributed by atoms with Crippen LogP contribution in [0.1, 0.15) is 12.8 Å². The topological polar surface area (TPSA) is 137 Å². The van der Waals surface area contributed by atoms with Gasteiger partial charge in [0.2, 0.25) is 5.16 Å². The van der Waals surface area contributed by atoms with Gasteiger partial charge in [0, 0.05) is 31.4 Å². The highest BCUT2D eigenvalue weighted by molar-refractivity contribution is 8.01. The van der Waals surface area contributed by atoms with E-state index in [2.05, 4.69) is 20.8 Å². The molecule has 0 saturated carbocycles. The molecule has 0 aromatic carbocycles. The van der Waals surface area contributed by atoms with Crippen molar-refractivity contribution in [2.75, 3.05) is 11.5 Å². The Labute approximate surface area is 168 Å². The Bertz CT molecular complexity index is 862. The number of carbonyl (C=O) groups is 2. The summed E-state index contributed by atoms with van der Waals surface area (Å²) in [6, 6.07) is 1.44. The molecule has 1 fully saturated rings. The van der Waals surface area contributed by atoms with Gasteiger partial charge in [-0.15, -0.1) is 16.9 Å². The van der Waals surface area contributed by atoms with E-state index in [4.69, 9.17) is 17.5 Å². The molecule has 0 spiro atoms. The van der Waals surface area contributed by atoms with Crippen LogP contribution in [-0.2, 0) is 16.6 Å². The van der Waals surface area contributed by atoms with Crippen molar-refractivity contribution in [2.45, 2.75) is 29.4 Å². The van der Waals surface area contributed by atoms with E-state index in [0.717, 1.165) is 0 Å². The Morgan fingerprint density at radius 1 is 1.59 bits per heavy atom. The fraction of sp³-hybridized carbons (Fsp3) is 0.500. The van der Waals surface area contributed by atoms with Gasteiger partial charge in [0.1, 0.15) is 17.1 Å². The maximum absolute atomic E-state index is 12.5. The van der Waals surface area contributed by atoms with Gasteiger partial charge in [0.25, 0.3) is 5.91 Å². The highest BCUT2D eigenvalue weighted by Gasteiger charge is 2.53. The molecule has 0 bridgehead atoms. The molecule has 10 nitrogen and oxygen atoms in total. The van der Waals surface area contributed by atoms with Crippen LogP contribution in [0.4, 0.5) is 0 Å². The molecule has 1 aromatic heterocycles. The molecule has 142 valence electrons. The number of nitrogens with zero attached hydrogens (tertiary/aromatic N) is 6. The number of thiocarbonyl (C=S) groups is 1. The number of carbonyl (C=O) groups excluding carboxylic acids is 1. The number of hydrogen-bond donors (Lipinski definition) is 2. The Morgan fingerprint density at radius 2 is 2.37 bits per heavy atom. The number of aromatic nitrogens is 4. The van der Waals surface area contributed by atoms with E-state index >= 15 is 0 Å². The second kappa shape index (κ2) is 8.24. The summed E-state index contributed by atoms with van der Waals surface area (Å²) in [7, 11) is 1.70. The molecule has 1 unspecified atom stereocenters. The minimum absolute atomic E-state index is 0.0207. The maximum Gasteiger partial charge on any atom is 0.352 e. The summed E-state index contributed by atoms with van der Waals surface area (Å²) in [4.78, 5) is 26.1. The van der Waals surface area contributed by atoms with Crippen molar-refractivity contribution in [2.24, 2.45) is 7.05 Å². The fourth-order valence-electron chi connectivity index (χ4n) is 2.70. The molecule has 2 aliphatic rings. The Morgan fingerprint density at radius 3 is 3.00 bits per heavy atom. The number of nitrogens with one attached hydrogen (secondary N) is 1. The number of β-lactam (4-membered cyclic amide) rings is 1. The Balaban J connectivity index is 1.71. The minimum Gasteiger partial charge on any atom is -0.477 e. The molecule has 1 amide bonds. The first kappa shape index (κ1) is 19.6. The lowest BCUT2D eigenvalue weighted by Crippen LogP contribution is -2.70. The molecule has 3 rings (SSSR count). The third-order valence-electron chi connectivity index (χ3n) is 3.99. The summed E-state index contributed by atoms with van der Waals surface area (Å²) < 4.78 is 1.50. The summed E-state index contributed by atoms with van der Waals surface area (Å²) in [5, 5.41) is 32.6. The maximum atomic E-state index is 12.5. The van der Waals surface area contributed by atoms with Crippen LogP contribution >= 0.6 is 35.7 Å². The number of tetrazole rings is 1. The quantitative estimate of drug-likeness (QED) is 0.351. The molecule has 2 aliphatic heterocycles. The Kier molecular flexibility index (Phi) is 5.98. The third-order valence-corrected chi connectivity index (χ3v) is 6.75. The second-order valence-electron chi connectivity index (χ2n) is 5.74. The summed E-state index contributed by atoms with van der Waals surface area (Å²) in [6.07, 6.45) is 0.648. The number of carboxylic acid groups (broad SMARTS) is 1. The first-order valence-corrected chi connectivity index (χ1v) is 10.3. The number of hydrogen-bond acceptors (Lipinski definition) is 9. The van der Waals surface area contributed by atoms with E-state index in [1.54, 1.807) is 7.05 Å². The summed E-state index contributed by atoms with van der Waals surface area (Å²) in [5.74, 6) is -0.604. The number of aliphatic carboxylic acids is 1. The number of nitriles is 1. The highest BCUT2D eigenvalue weighted by atomic mass is 32.2. The molecular formula is C14H15N7O3S3. The van der Waals surface area contributed by atoms with Gasteiger partial charge in [0.05, 0.1) is 11.1 Å². The zero-order chi connectivity index (χ0) is 19.6. The third kappa shape index (κ3) is 3.92. The lowest BCUT2D eigenvalue weighted by atomic mass is 10.0. The molecule has 3 heterocycles. The Hall–Kier alpha value is -2.17. The van der Waals surface area contributed by atoms with E-state index in [1.165, 1.54) is 33.1 Å². The lowest BCUT2D eigenvalue weighted by Gasteiger charge is -2.49. The summed E-state index contributed by atoms with van der Waals surface area (Å²) >= 11 is 7.96. The van der Waals surface area contributed by atoms with Crippen molar-refractivity contribution in [3.05, 3.63) is 11.3 Å². The van der Waals surface area contributed by atoms with E-state index in [9.17, 15) is 14.7 Å². The van der Waals surface area contributed by atoms with Gasteiger partial charge in [-0.05, 0) is 16.0 Å². The van der Waals surface area contributed by atoms with Gasteiger partial charge in [-0.2, -0.15) is 5.26 Å². The fourth-order valence-corrected chi connectivity index (χ4v) is 5.27. The lowest BCUT2D eigenvalue weighted by molar-refractivity contribution is -0.148. The van der Waals surface area contributed by atoms with Crippen molar-refractivity contribution in [1.82, 2.24) is 30.4 Å². The second-order valence-corrected chi connectivity index (χ2v) is 8.28. The molecule has 27 heavy (non-hydrogen) atoms. The van der Waals surface area contributed by atoms with Gasteiger partial charge in [-0.25, -0.2) is 9.48 Å². The zero-order valence-electron chi connectivity index (χ0n) is 14.2. The van der Waals surface area contributed by atoms with Crippen molar-refractivity contribution in [3.8, 4) is 6.07 Å². The van der Waals surface area contributed by atoms with Crippen LogP contribution in [0.5, 0.6) is 0 Å². The molecule has 13 heteroatoms. The largest absolute Gasteiger partial charge is 0.477 e. The number of fused-ring (bicyclic) bond motifs is 1. The monoisotopic (exact) mass is 425 g/mol. The van der Waals surface area contributed by atoms with Crippen LogP contribution in [0.25, 0.3) is 0 Å². The van der Waals surface area contributed by atoms with Crippen LogP contribution < -0.4 is 5.32 Å². The average Bonchev–Trinajstić information content (AvgIpc) is 3.06. The first-order valence-electron chi connectivity index (χ1n) is 7.85. The van der Waals surface area contributed by atoms with Crippen LogP contribution in [0.3, 0.4) is 0 Å². The summed E-state index contributed by atoms with van der Waals surface area (Å²) in [5.41, 5.74) is 0.669. The van der Waals surface area contributed by atoms with Crippen LogP contribution in [0, 0.1) is 11.3 Å². The molecule has 1 saturated heterocycles. The van der Waals surface area contributed by atoms with E-state index < -0.39 is 12.0 Å². The van der Waals surface area contributed by atoms with E-state index in [1.807, 2.05) is 6.07 Å². The van der Waals surface area contributed by atoms with Gasteiger partial charge < -0.3 is 10.4 Å². The van der Waals surface area contributed by atoms with Crippen molar-refractivity contribution in [1.29, 1.82) is 5.26 Å². The molecule has 0 aliphatic carbocycles. The molecule has 2 atom stereocenters. The molecule has 2 N–H and O–H groups in total. The van der Waals surface area contributed by atoms with Gasteiger partial charge in [-0.3, -0.25) is 9.69 Å². The normalized spacial score (nSPS) is 21.3. The molecule has 0 radical (unpaired) electrons. The number of amides is 1. The van der Waals surface area contributed by atoms with Crippen molar-refractivity contribution >= 4 is 52.6 Å². The van der Waals surface area contributed by atoms with E-state index in [0.29, 0.717) is 33.6 Å². The predicted molar refractivity (Wildman–Crippen MR) is 102 cm³/mol. The predicted octanol–water partition coefficient (Wildman–Crippen LogP) is 0.145. The van der Waals surface area contributed by atoms with Gasteiger partial charge in [0.15, 0.2) is 0 Å². The van der Waals surface area contributed by atoms with E-state index in [-0.39, 0.29) is 23.4 Å². The van der Waals surface area contributed by atoms with Crippen LogP contribution in [-0.4, -0.2) is 70.0 Å². The summed E-state index contributed by atoms with van der Waals surface area (Å²) in [6.45, 7) is 0. The van der Waals surface area contributed by atoms with Crippen molar-refractivity contribution < 1.29 is 14.7 Å². The van der Waals surface area contributed by atoms with Crippen LogP contribution in [0.2, 0.25) is 0 Å². The average molecular weight is 426 g/mol. The number of thioether (sulfide) groups is 2. The molecule has 1 aromatic rings. The standard InChI is InChI=1S/C14H15N7O3S3/c1-20-14(17-18-19-20)27-6-7-5-26-12-9(16-8(25)3-2-4-15)11(22)21(12)10(7)13(23)24/h9,12H,2-3,5-6H2,1H3,(H,16,25)(H,23,24)/t9?,12-/m0/s1. The number of aryl methyl sites for hydroxylation is 1. The minimum atomic E-state index is -1.13.